The van der Waals surface area contributed by atoms with Crippen LogP contribution in [0, 0.1) is 0 Å². The molecule has 1 aromatic carbocycles. The summed E-state index contributed by atoms with van der Waals surface area (Å²) in [6, 6.07) is 6.86. The van der Waals surface area contributed by atoms with E-state index in [1.54, 1.807) is 45.2 Å². The number of rotatable bonds is 8. The van der Waals surface area contributed by atoms with Crippen molar-refractivity contribution in [3.63, 3.8) is 0 Å². The standard InChI is InChI=1S/C16H23NO5/c1-5-16(2,15(19)21-4)17-14(18)12-8-6-7-9-13(12)22-11-10-20-3/h6-9H,5,10-11H2,1-4H3,(H,17,18)/t16-/m1/s1. The Kier molecular flexibility index (Phi) is 6.85. The molecule has 1 aromatic rings. The second-order valence-corrected chi connectivity index (χ2v) is 4.97. The van der Waals surface area contributed by atoms with Gasteiger partial charge in [0.15, 0.2) is 0 Å². The Balaban J connectivity index is 2.91. The number of hydrogen-bond acceptors (Lipinski definition) is 5. The van der Waals surface area contributed by atoms with Crippen LogP contribution < -0.4 is 10.1 Å². The largest absolute Gasteiger partial charge is 0.490 e. The zero-order valence-electron chi connectivity index (χ0n) is 13.5. The van der Waals surface area contributed by atoms with Crippen molar-refractivity contribution in [1.82, 2.24) is 5.32 Å². The number of carbonyl (C=O) groups is 2. The molecule has 0 fully saturated rings. The molecule has 0 saturated heterocycles. The van der Waals surface area contributed by atoms with Crippen LogP contribution in [-0.2, 0) is 14.3 Å². The summed E-state index contributed by atoms with van der Waals surface area (Å²) in [7, 11) is 2.87. The Hall–Kier alpha value is -2.08. The van der Waals surface area contributed by atoms with Gasteiger partial charge in [-0.25, -0.2) is 4.79 Å². The van der Waals surface area contributed by atoms with Crippen molar-refractivity contribution in [2.75, 3.05) is 27.4 Å². The minimum Gasteiger partial charge on any atom is -0.490 e. The Morgan fingerprint density at radius 1 is 1.18 bits per heavy atom. The van der Waals surface area contributed by atoms with Crippen molar-refractivity contribution in [3.8, 4) is 5.75 Å². The SMILES string of the molecule is CC[C@@](C)(NC(=O)c1ccccc1OCCOC)C(=O)OC. The van der Waals surface area contributed by atoms with Gasteiger partial charge < -0.3 is 19.5 Å². The normalized spacial score (nSPS) is 13.1. The number of methoxy groups -OCH3 is 2. The monoisotopic (exact) mass is 309 g/mol. The van der Waals surface area contributed by atoms with E-state index in [0.29, 0.717) is 30.9 Å². The summed E-state index contributed by atoms with van der Waals surface area (Å²) in [5.74, 6) is -0.427. The van der Waals surface area contributed by atoms with Crippen LogP contribution in [0.15, 0.2) is 24.3 Å². The van der Waals surface area contributed by atoms with Crippen LogP contribution in [0.2, 0.25) is 0 Å². The number of ether oxygens (including phenoxy) is 3. The van der Waals surface area contributed by atoms with Crippen LogP contribution in [0.1, 0.15) is 30.6 Å². The molecular weight excluding hydrogens is 286 g/mol. The van der Waals surface area contributed by atoms with Crippen LogP contribution >= 0.6 is 0 Å². The zero-order chi connectivity index (χ0) is 16.6. The highest BCUT2D eigenvalue weighted by Crippen LogP contribution is 2.20. The van der Waals surface area contributed by atoms with Gasteiger partial charge in [-0.05, 0) is 25.5 Å². The maximum Gasteiger partial charge on any atom is 0.331 e. The molecule has 0 bridgehead atoms. The number of amides is 1. The molecule has 1 rings (SSSR count). The summed E-state index contributed by atoms with van der Waals surface area (Å²) in [6.07, 6.45) is 0.415. The van der Waals surface area contributed by atoms with Crippen LogP contribution in [-0.4, -0.2) is 44.8 Å². The second kappa shape index (κ2) is 8.38. The summed E-state index contributed by atoms with van der Waals surface area (Å²) in [6.45, 7) is 4.19. The first-order chi connectivity index (χ1) is 10.5. The third-order valence-corrected chi connectivity index (χ3v) is 3.41. The Morgan fingerprint density at radius 2 is 1.86 bits per heavy atom. The first kappa shape index (κ1) is 18.0. The number of carbonyl (C=O) groups excluding carboxylic acids is 2. The molecule has 22 heavy (non-hydrogen) atoms. The van der Waals surface area contributed by atoms with Crippen molar-refractivity contribution in [1.29, 1.82) is 0 Å². The first-order valence-corrected chi connectivity index (χ1v) is 7.10. The molecule has 122 valence electrons. The van der Waals surface area contributed by atoms with E-state index in [9.17, 15) is 9.59 Å². The Labute approximate surface area is 130 Å². The van der Waals surface area contributed by atoms with Crippen LogP contribution in [0.4, 0.5) is 0 Å². The van der Waals surface area contributed by atoms with Gasteiger partial charge in [0.05, 0.1) is 19.3 Å². The smallest absolute Gasteiger partial charge is 0.331 e. The van der Waals surface area contributed by atoms with Crippen LogP contribution in [0.5, 0.6) is 5.75 Å². The molecule has 0 heterocycles. The molecule has 6 heteroatoms. The van der Waals surface area contributed by atoms with E-state index in [1.807, 2.05) is 0 Å². The fraction of sp³-hybridized carbons (Fsp3) is 0.500. The quantitative estimate of drug-likeness (QED) is 0.585. The van der Waals surface area contributed by atoms with E-state index in [2.05, 4.69) is 5.32 Å². The Bertz CT molecular complexity index is 517. The van der Waals surface area contributed by atoms with Crippen LogP contribution in [0.25, 0.3) is 0 Å². The topological polar surface area (TPSA) is 73.9 Å². The van der Waals surface area contributed by atoms with Gasteiger partial charge in [-0.15, -0.1) is 0 Å². The molecule has 0 aromatic heterocycles. The molecule has 1 N–H and O–H groups in total. The van der Waals surface area contributed by atoms with E-state index >= 15 is 0 Å². The van der Waals surface area contributed by atoms with E-state index in [1.165, 1.54) is 7.11 Å². The van der Waals surface area contributed by atoms with Crippen molar-refractivity contribution < 1.29 is 23.8 Å². The maximum atomic E-state index is 12.5. The molecule has 0 saturated carbocycles. The lowest BCUT2D eigenvalue weighted by molar-refractivity contribution is -0.147. The lowest BCUT2D eigenvalue weighted by Gasteiger charge is -2.26. The average molecular weight is 309 g/mol. The third-order valence-electron chi connectivity index (χ3n) is 3.41. The van der Waals surface area contributed by atoms with Gasteiger partial charge in [0.2, 0.25) is 0 Å². The minimum absolute atomic E-state index is 0.336. The second-order valence-electron chi connectivity index (χ2n) is 4.97. The summed E-state index contributed by atoms with van der Waals surface area (Å²) >= 11 is 0. The number of nitrogens with one attached hydrogen (secondary N) is 1. The highest BCUT2D eigenvalue weighted by Gasteiger charge is 2.34. The van der Waals surface area contributed by atoms with Gasteiger partial charge in [0.25, 0.3) is 5.91 Å². The molecular formula is C16H23NO5. The maximum absolute atomic E-state index is 12.5. The molecule has 1 amide bonds. The lowest BCUT2D eigenvalue weighted by Crippen LogP contribution is -2.52. The summed E-state index contributed by atoms with van der Waals surface area (Å²) in [5, 5.41) is 2.72. The molecule has 0 aliphatic rings. The van der Waals surface area contributed by atoms with Crippen molar-refractivity contribution in [2.45, 2.75) is 25.8 Å². The fourth-order valence-corrected chi connectivity index (χ4v) is 1.84. The number of para-hydroxylation sites is 1. The number of hydrogen-bond donors (Lipinski definition) is 1. The highest BCUT2D eigenvalue weighted by atomic mass is 16.5. The number of esters is 1. The molecule has 1 atom stereocenters. The summed E-state index contributed by atoms with van der Waals surface area (Å²) in [4.78, 5) is 24.3. The molecule has 0 aliphatic heterocycles. The highest BCUT2D eigenvalue weighted by molar-refractivity contribution is 6.00. The molecule has 0 spiro atoms. The zero-order valence-corrected chi connectivity index (χ0v) is 13.5. The van der Waals surface area contributed by atoms with Gasteiger partial charge in [-0.3, -0.25) is 4.79 Å². The predicted octanol–water partition coefficient (Wildman–Crippen LogP) is 1.78. The van der Waals surface area contributed by atoms with Gasteiger partial charge in [0, 0.05) is 7.11 Å². The summed E-state index contributed by atoms with van der Waals surface area (Å²) in [5.41, 5.74) is -0.715. The van der Waals surface area contributed by atoms with Crippen molar-refractivity contribution in [3.05, 3.63) is 29.8 Å². The summed E-state index contributed by atoms with van der Waals surface area (Å²) < 4.78 is 15.2. The third kappa shape index (κ3) is 4.46. The number of benzene rings is 1. The average Bonchev–Trinajstić information content (AvgIpc) is 2.54. The van der Waals surface area contributed by atoms with E-state index < -0.39 is 11.5 Å². The van der Waals surface area contributed by atoms with Gasteiger partial charge in [-0.2, -0.15) is 0 Å². The van der Waals surface area contributed by atoms with Crippen LogP contribution in [0.3, 0.4) is 0 Å². The minimum atomic E-state index is -1.08. The Morgan fingerprint density at radius 3 is 2.45 bits per heavy atom. The molecule has 6 nitrogen and oxygen atoms in total. The van der Waals surface area contributed by atoms with E-state index in [4.69, 9.17) is 14.2 Å². The van der Waals surface area contributed by atoms with E-state index in [0.717, 1.165) is 0 Å². The predicted molar refractivity (Wildman–Crippen MR) is 82.0 cm³/mol. The lowest BCUT2D eigenvalue weighted by atomic mass is 9.98. The molecule has 0 unspecified atom stereocenters. The van der Waals surface area contributed by atoms with E-state index in [-0.39, 0.29) is 5.91 Å². The van der Waals surface area contributed by atoms with Crippen molar-refractivity contribution in [2.24, 2.45) is 0 Å². The van der Waals surface area contributed by atoms with Gasteiger partial charge in [-0.1, -0.05) is 19.1 Å². The molecule has 0 radical (unpaired) electrons. The molecule has 0 aliphatic carbocycles. The fourth-order valence-electron chi connectivity index (χ4n) is 1.84. The van der Waals surface area contributed by atoms with Gasteiger partial charge >= 0.3 is 5.97 Å². The van der Waals surface area contributed by atoms with Crippen molar-refractivity contribution >= 4 is 11.9 Å². The van der Waals surface area contributed by atoms with Gasteiger partial charge in [0.1, 0.15) is 17.9 Å². The first-order valence-electron chi connectivity index (χ1n) is 7.10.